The molecule has 0 amide bonds. The molecule has 0 aromatic carbocycles. The minimum absolute atomic E-state index is 0.105. The molecule has 12 nitrogen and oxygen atoms in total. The Hall–Kier alpha value is -1.83. The van der Waals surface area contributed by atoms with Crippen LogP contribution in [0, 0.1) is 0 Å². The van der Waals surface area contributed by atoms with E-state index in [-0.39, 0.29) is 13.2 Å². The molecule has 158 valence electrons. The Labute approximate surface area is 158 Å². The molecule has 0 aliphatic heterocycles. The molecule has 12 heteroatoms. The van der Waals surface area contributed by atoms with Gasteiger partial charge in [-0.05, 0) is 0 Å². The number of esters is 3. The molecule has 0 heterocycles. The highest BCUT2D eigenvalue weighted by Crippen LogP contribution is 2.18. The number of rotatable bonds is 14. The maximum atomic E-state index is 11.5. The molecule has 4 atom stereocenters. The zero-order chi connectivity index (χ0) is 20.8. The first-order valence-corrected chi connectivity index (χ1v) is 8.17. The Morgan fingerprint density at radius 1 is 0.704 bits per heavy atom. The zero-order valence-electron chi connectivity index (χ0n) is 16.4. The van der Waals surface area contributed by atoms with Gasteiger partial charge < -0.3 is 14.2 Å². The third kappa shape index (κ3) is 10.8. The molecular formula is C15H29N3O9. The topological polar surface area (TPSA) is 143 Å². The molecule has 0 spiro atoms. The third-order valence-electron chi connectivity index (χ3n) is 3.04. The summed E-state index contributed by atoms with van der Waals surface area (Å²) >= 11 is 0. The largest absolute Gasteiger partial charge is 0.462 e. The molecule has 0 fully saturated rings. The number of hydroxylamine groups is 3. The van der Waals surface area contributed by atoms with Crippen LogP contribution >= 0.6 is 0 Å². The second kappa shape index (κ2) is 14.3. The van der Waals surface area contributed by atoms with E-state index in [0.29, 0.717) is 0 Å². The van der Waals surface area contributed by atoms with Crippen molar-refractivity contribution >= 4 is 17.9 Å². The van der Waals surface area contributed by atoms with Crippen LogP contribution in [-0.2, 0) is 43.1 Å². The van der Waals surface area contributed by atoms with Gasteiger partial charge in [0, 0.05) is 41.9 Å². The number of ether oxygens (including phenoxy) is 3. The molecule has 0 rings (SSSR count). The second-order valence-electron chi connectivity index (χ2n) is 5.19. The van der Waals surface area contributed by atoms with Crippen LogP contribution in [0.25, 0.3) is 0 Å². The highest BCUT2D eigenvalue weighted by atomic mass is 16.7. The summed E-state index contributed by atoms with van der Waals surface area (Å²) in [5, 5.41) is 0. The van der Waals surface area contributed by atoms with E-state index in [1.807, 2.05) is 0 Å². The van der Waals surface area contributed by atoms with E-state index >= 15 is 0 Å². The zero-order valence-corrected chi connectivity index (χ0v) is 16.4. The van der Waals surface area contributed by atoms with Crippen LogP contribution in [0.15, 0.2) is 0 Å². The molecule has 0 saturated carbocycles. The van der Waals surface area contributed by atoms with Gasteiger partial charge in [0.15, 0.2) is 24.4 Å². The van der Waals surface area contributed by atoms with Crippen molar-refractivity contribution in [2.75, 3.05) is 34.4 Å². The Morgan fingerprint density at radius 3 is 1.48 bits per heavy atom. The molecule has 0 radical (unpaired) electrons. The maximum Gasteiger partial charge on any atom is 0.303 e. The van der Waals surface area contributed by atoms with Gasteiger partial charge in [0.2, 0.25) is 0 Å². The summed E-state index contributed by atoms with van der Waals surface area (Å²) in [6.45, 7) is 3.22. The van der Waals surface area contributed by atoms with E-state index in [2.05, 4.69) is 16.4 Å². The number of hydrogen-bond acceptors (Lipinski definition) is 12. The van der Waals surface area contributed by atoms with Crippen molar-refractivity contribution < 1.29 is 43.1 Å². The molecule has 0 unspecified atom stereocenters. The van der Waals surface area contributed by atoms with Gasteiger partial charge in [0.05, 0.1) is 0 Å². The Morgan fingerprint density at radius 2 is 1.15 bits per heavy atom. The van der Waals surface area contributed by atoms with Crippen LogP contribution in [0.1, 0.15) is 20.8 Å². The predicted octanol–water partition coefficient (Wildman–Crippen LogP) is -1.40. The fourth-order valence-corrected chi connectivity index (χ4v) is 2.16. The van der Waals surface area contributed by atoms with Crippen LogP contribution in [0.3, 0.4) is 0 Å². The fourth-order valence-electron chi connectivity index (χ4n) is 2.16. The van der Waals surface area contributed by atoms with Gasteiger partial charge in [-0.1, -0.05) is 0 Å². The highest BCUT2D eigenvalue weighted by Gasteiger charge is 2.42. The first-order valence-electron chi connectivity index (χ1n) is 8.17. The lowest BCUT2D eigenvalue weighted by molar-refractivity contribution is -0.225. The molecule has 0 aliphatic rings. The average molecular weight is 395 g/mol. The summed E-state index contributed by atoms with van der Waals surface area (Å²) < 4.78 is 15.4. The first kappa shape index (κ1) is 25.2. The quantitative estimate of drug-likeness (QED) is 0.181. The van der Waals surface area contributed by atoms with Crippen LogP contribution in [0.4, 0.5) is 0 Å². The number of nitrogens with one attached hydrogen (secondary N) is 3. The Balaban J connectivity index is 5.72. The lowest BCUT2D eigenvalue weighted by Gasteiger charge is -2.35. The summed E-state index contributed by atoms with van der Waals surface area (Å²) in [6.07, 6.45) is -4.09. The minimum Gasteiger partial charge on any atom is -0.462 e. The smallest absolute Gasteiger partial charge is 0.303 e. The fraction of sp³-hybridized carbons (Fsp3) is 0.800. The third-order valence-corrected chi connectivity index (χ3v) is 3.04. The monoisotopic (exact) mass is 395 g/mol. The van der Waals surface area contributed by atoms with Crippen molar-refractivity contribution in [3.8, 4) is 0 Å². The Kier molecular flexibility index (Phi) is 13.3. The summed E-state index contributed by atoms with van der Waals surface area (Å²) in [6, 6.07) is 0. The van der Waals surface area contributed by atoms with Crippen LogP contribution < -0.4 is 16.4 Å². The van der Waals surface area contributed by atoms with Gasteiger partial charge in [-0.2, -0.15) is 0 Å². The van der Waals surface area contributed by atoms with E-state index in [0.717, 1.165) is 0 Å². The summed E-state index contributed by atoms with van der Waals surface area (Å²) in [4.78, 5) is 50.2. The van der Waals surface area contributed by atoms with Gasteiger partial charge in [0.25, 0.3) is 0 Å². The van der Waals surface area contributed by atoms with Crippen molar-refractivity contribution in [2.45, 2.75) is 45.2 Å². The lowest BCUT2D eigenvalue weighted by Crippen LogP contribution is -2.55. The molecule has 0 bridgehead atoms. The minimum atomic E-state index is -1.06. The lowest BCUT2D eigenvalue weighted by atomic mass is 10.0. The predicted molar refractivity (Wildman–Crippen MR) is 90.6 cm³/mol. The van der Waals surface area contributed by atoms with Gasteiger partial charge >= 0.3 is 17.9 Å². The van der Waals surface area contributed by atoms with Crippen molar-refractivity contribution in [1.29, 1.82) is 0 Å². The van der Waals surface area contributed by atoms with Gasteiger partial charge in [-0.25, -0.2) is 16.4 Å². The molecule has 3 N–H and O–H groups in total. The molecule has 0 aliphatic carbocycles. The van der Waals surface area contributed by atoms with Gasteiger partial charge in [-0.15, -0.1) is 0 Å². The number of hydrogen-bond donors (Lipinski definition) is 3. The normalized spacial score (nSPS) is 15.3. The summed E-state index contributed by atoms with van der Waals surface area (Å²) in [5.41, 5.74) is 7.42. The van der Waals surface area contributed by atoms with Crippen molar-refractivity contribution in [3.63, 3.8) is 0 Å². The van der Waals surface area contributed by atoms with Crippen LogP contribution in [0.5, 0.6) is 0 Å². The standard InChI is InChI=1S/C15H29N3O9/c1-9(19)22-7-12(24-10(2)20)14(26-17-5)15(27-18-6)13(8-23-16-4)25-11(3)21/h12-18H,7-8H2,1-6H3/t12-,13+,14+,15+/m0/s1. The van der Waals surface area contributed by atoms with Gasteiger partial charge in [-0.3, -0.25) is 28.9 Å². The maximum absolute atomic E-state index is 11.5. The molecule has 0 aromatic heterocycles. The van der Waals surface area contributed by atoms with Crippen molar-refractivity contribution in [2.24, 2.45) is 0 Å². The molecule has 0 aromatic rings. The summed E-state index contributed by atoms with van der Waals surface area (Å²) in [5.74, 6) is -1.79. The van der Waals surface area contributed by atoms with E-state index in [4.69, 9.17) is 28.7 Å². The van der Waals surface area contributed by atoms with Crippen molar-refractivity contribution in [3.05, 3.63) is 0 Å². The van der Waals surface area contributed by atoms with E-state index in [1.165, 1.54) is 41.9 Å². The van der Waals surface area contributed by atoms with E-state index in [1.54, 1.807) is 0 Å². The number of carbonyl (C=O) groups is 3. The first-order chi connectivity index (χ1) is 12.8. The van der Waals surface area contributed by atoms with Gasteiger partial charge in [0.1, 0.15) is 13.2 Å². The summed E-state index contributed by atoms with van der Waals surface area (Å²) in [7, 11) is 4.49. The highest BCUT2D eigenvalue weighted by molar-refractivity contribution is 5.67. The van der Waals surface area contributed by atoms with Crippen molar-refractivity contribution in [1.82, 2.24) is 16.4 Å². The van der Waals surface area contributed by atoms with E-state index in [9.17, 15) is 14.4 Å². The molecule has 0 saturated heterocycles. The SMILES string of the molecule is CNOC[C@@H](OC(C)=O)[C@@H](ONC)[C@H](ONC)[C@H](COC(C)=O)OC(C)=O. The molecule has 27 heavy (non-hydrogen) atoms. The van der Waals surface area contributed by atoms with Crippen LogP contribution in [0.2, 0.25) is 0 Å². The van der Waals surface area contributed by atoms with Crippen LogP contribution in [-0.4, -0.2) is 76.7 Å². The number of carbonyl (C=O) groups excluding carboxylic acids is 3. The Bertz CT molecular complexity index is 464. The molecular weight excluding hydrogens is 366 g/mol. The second-order valence-corrected chi connectivity index (χ2v) is 5.19. The van der Waals surface area contributed by atoms with E-state index < -0.39 is 42.3 Å². The average Bonchev–Trinajstić information content (AvgIpc) is 2.58.